The highest BCUT2D eigenvalue weighted by Crippen LogP contribution is 2.20. The van der Waals surface area contributed by atoms with Crippen molar-refractivity contribution in [2.45, 2.75) is 37.8 Å². The van der Waals surface area contributed by atoms with Crippen LogP contribution in [0.3, 0.4) is 0 Å². The second-order valence-corrected chi connectivity index (χ2v) is 7.03. The molecular formula is C16H23N3OS. The van der Waals surface area contributed by atoms with Crippen LogP contribution in [0.2, 0.25) is 0 Å². The number of likely N-dealkylation sites (tertiary alicyclic amines) is 1. The lowest BCUT2D eigenvalue weighted by molar-refractivity contribution is 0.0702. The van der Waals surface area contributed by atoms with Gasteiger partial charge in [0.05, 0.1) is 0 Å². The first-order chi connectivity index (χ1) is 10.3. The highest BCUT2D eigenvalue weighted by molar-refractivity contribution is 7.99. The first kappa shape index (κ1) is 14.9. The Kier molecular flexibility index (Phi) is 5.14. The van der Waals surface area contributed by atoms with E-state index in [9.17, 15) is 4.79 Å². The fourth-order valence-corrected chi connectivity index (χ4v) is 4.22. The smallest absolute Gasteiger partial charge is 0.253 e. The van der Waals surface area contributed by atoms with Crippen LogP contribution in [0.15, 0.2) is 24.5 Å². The summed E-state index contributed by atoms with van der Waals surface area (Å²) in [6.07, 6.45) is 8.14. The fourth-order valence-electron chi connectivity index (χ4n) is 3.13. The molecule has 1 atom stereocenters. The van der Waals surface area contributed by atoms with Crippen molar-refractivity contribution in [2.24, 2.45) is 0 Å². The number of hydrogen-bond acceptors (Lipinski definition) is 4. The highest BCUT2D eigenvalue weighted by atomic mass is 32.2. The molecule has 5 heteroatoms. The van der Waals surface area contributed by atoms with Crippen LogP contribution in [0, 0.1) is 0 Å². The molecule has 2 aliphatic heterocycles. The molecular weight excluding hydrogens is 282 g/mol. The van der Waals surface area contributed by atoms with E-state index in [2.05, 4.69) is 22.1 Å². The molecule has 0 radical (unpaired) electrons. The molecule has 1 N–H and O–H groups in total. The van der Waals surface area contributed by atoms with E-state index in [1.165, 1.54) is 24.3 Å². The lowest BCUT2D eigenvalue weighted by Gasteiger charge is -2.35. The average molecular weight is 305 g/mol. The Balaban J connectivity index is 1.47. The number of thioether (sulfide) groups is 1. The molecule has 4 nitrogen and oxygen atoms in total. The van der Waals surface area contributed by atoms with Crippen molar-refractivity contribution in [1.29, 1.82) is 0 Å². The average Bonchev–Trinajstić information content (AvgIpc) is 2.57. The Morgan fingerprint density at radius 1 is 1.19 bits per heavy atom. The Hall–Kier alpha value is -1.07. The van der Waals surface area contributed by atoms with Gasteiger partial charge in [-0.1, -0.05) is 0 Å². The molecule has 1 amide bonds. The minimum absolute atomic E-state index is 0.143. The summed E-state index contributed by atoms with van der Waals surface area (Å²) in [6.45, 7) is 1.72. The second kappa shape index (κ2) is 7.27. The van der Waals surface area contributed by atoms with Gasteiger partial charge in [-0.25, -0.2) is 0 Å². The number of pyridine rings is 1. The van der Waals surface area contributed by atoms with Gasteiger partial charge in [0, 0.05) is 48.9 Å². The third kappa shape index (κ3) is 3.98. The van der Waals surface area contributed by atoms with Gasteiger partial charge in [0.1, 0.15) is 0 Å². The molecule has 114 valence electrons. The predicted octanol–water partition coefficient (Wildman–Crippen LogP) is 2.17. The molecule has 0 saturated carbocycles. The minimum atomic E-state index is 0.143. The first-order valence-corrected chi connectivity index (χ1v) is 9.01. The zero-order valence-corrected chi connectivity index (χ0v) is 13.1. The second-order valence-electron chi connectivity index (χ2n) is 5.88. The van der Waals surface area contributed by atoms with Crippen molar-refractivity contribution < 1.29 is 4.79 Å². The van der Waals surface area contributed by atoms with Gasteiger partial charge < -0.3 is 10.2 Å². The molecule has 2 fully saturated rings. The maximum Gasteiger partial charge on any atom is 0.253 e. The third-order valence-corrected chi connectivity index (χ3v) is 5.56. The molecule has 1 aromatic heterocycles. The van der Waals surface area contributed by atoms with E-state index in [4.69, 9.17) is 0 Å². The zero-order chi connectivity index (χ0) is 14.5. The molecule has 0 bridgehead atoms. The Morgan fingerprint density at radius 2 is 1.95 bits per heavy atom. The number of rotatable bonds is 3. The molecule has 2 saturated heterocycles. The van der Waals surface area contributed by atoms with Crippen LogP contribution in [0.1, 0.15) is 36.0 Å². The summed E-state index contributed by atoms with van der Waals surface area (Å²) in [7, 11) is 0. The van der Waals surface area contributed by atoms with Crippen molar-refractivity contribution in [2.75, 3.05) is 24.6 Å². The molecule has 0 aliphatic carbocycles. The van der Waals surface area contributed by atoms with Gasteiger partial charge in [0.25, 0.3) is 5.91 Å². The summed E-state index contributed by atoms with van der Waals surface area (Å²) in [6, 6.07) is 4.85. The van der Waals surface area contributed by atoms with Gasteiger partial charge in [0.2, 0.25) is 0 Å². The maximum absolute atomic E-state index is 12.4. The number of nitrogens with one attached hydrogen (secondary N) is 1. The first-order valence-electron chi connectivity index (χ1n) is 7.86. The summed E-state index contributed by atoms with van der Waals surface area (Å²) in [4.78, 5) is 18.3. The summed E-state index contributed by atoms with van der Waals surface area (Å²) in [5.41, 5.74) is 0.750. The molecule has 0 spiro atoms. The lowest BCUT2D eigenvalue weighted by Crippen LogP contribution is -2.48. The Morgan fingerprint density at radius 3 is 2.62 bits per heavy atom. The monoisotopic (exact) mass is 305 g/mol. The largest absolute Gasteiger partial charge is 0.339 e. The fraction of sp³-hybridized carbons (Fsp3) is 0.625. The third-order valence-electron chi connectivity index (χ3n) is 4.34. The number of carbonyl (C=O) groups is 1. The number of carbonyl (C=O) groups excluding carboxylic acids is 1. The van der Waals surface area contributed by atoms with Gasteiger partial charge in [-0.3, -0.25) is 9.78 Å². The SMILES string of the molecule is O=C(c1ccncc1)N1CCC(N[C@H]2CCCSC2)CC1. The number of piperidine rings is 1. The van der Waals surface area contributed by atoms with Crippen LogP contribution in [-0.4, -0.2) is 52.5 Å². The number of nitrogens with zero attached hydrogens (tertiary/aromatic N) is 2. The summed E-state index contributed by atoms with van der Waals surface area (Å²) >= 11 is 2.06. The van der Waals surface area contributed by atoms with E-state index >= 15 is 0 Å². The Labute approximate surface area is 130 Å². The molecule has 3 heterocycles. The van der Waals surface area contributed by atoms with Crippen LogP contribution in [0.5, 0.6) is 0 Å². The molecule has 0 aromatic carbocycles. The number of hydrogen-bond donors (Lipinski definition) is 1. The topological polar surface area (TPSA) is 45.2 Å². The lowest BCUT2D eigenvalue weighted by atomic mass is 10.0. The van der Waals surface area contributed by atoms with Crippen LogP contribution < -0.4 is 5.32 Å². The van der Waals surface area contributed by atoms with Crippen molar-refractivity contribution in [3.05, 3.63) is 30.1 Å². The number of aromatic nitrogens is 1. The van der Waals surface area contributed by atoms with E-state index in [0.717, 1.165) is 31.5 Å². The van der Waals surface area contributed by atoms with Crippen molar-refractivity contribution in [3.63, 3.8) is 0 Å². The van der Waals surface area contributed by atoms with E-state index in [1.807, 2.05) is 4.90 Å². The van der Waals surface area contributed by atoms with Crippen LogP contribution in [0.4, 0.5) is 0 Å². The molecule has 3 rings (SSSR count). The van der Waals surface area contributed by atoms with E-state index < -0.39 is 0 Å². The highest BCUT2D eigenvalue weighted by Gasteiger charge is 2.25. The van der Waals surface area contributed by atoms with E-state index in [-0.39, 0.29) is 5.91 Å². The van der Waals surface area contributed by atoms with Crippen molar-refractivity contribution in [3.8, 4) is 0 Å². The van der Waals surface area contributed by atoms with Gasteiger partial charge >= 0.3 is 0 Å². The summed E-state index contributed by atoms with van der Waals surface area (Å²) < 4.78 is 0. The Bertz CT molecular complexity index is 454. The van der Waals surface area contributed by atoms with Crippen LogP contribution in [-0.2, 0) is 0 Å². The van der Waals surface area contributed by atoms with Gasteiger partial charge in [-0.05, 0) is 43.6 Å². The quantitative estimate of drug-likeness (QED) is 0.929. The minimum Gasteiger partial charge on any atom is -0.339 e. The molecule has 21 heavy (non-hydrogen) atoms. The summed E-state index contributed by atoms with van der Waals surface area (Å²) in [5.74, 6) is 2.71. The van der Waals surface area contributed by atoms with Crippen molar-refractivity contribution in [1.82, 2.24) is 15.2 Å². The van der Waals surface area contributed by atoms with Crippen LogP contribution in [0.25, 0.3) is 0 Å². The maximum atomic E-state index is 12.4. The van der Waals surface area contributed by atoms with Crippen molar-refractivity contribution >= 4 is 17.7 Å². The normalized spacial score (nSPS) is 24.0. The number of amides is 1. The van der Waals surface area contributed by atoms with Gasteiger partial charge in [-0.15, -0.1) is 0 Å². The predicted molar refractivity (Wildman–Crippen MR) is 86.6 cm³/mol. The van der Waals surface area contributed by atoms with Crippen LogP contribution >= 0.6 is 11.8 Å². The molecule has 0 unspecified atom stereocenters. The van der Waals surface area contributed by atoms with Gasteiger partial charge in [-0.2, -0.15) is 11.8 Å². The summed E-state index contributed by atoms with van der Waals surface area (Å²) in [5, 5.41) is 3.79. The zero-order valence-electron chi connectivity index (χ0n) is 12.3. The molecule has 1 aromatic rings. The van der Waals surface area contributed by atoms with Gasteiger partial charge in [0.15, 0.2) is 0 Å². The van der Waals surface area contributed by atoms with E-state index in [1.54, 1.807) is 24.5 Å². The standard InChI is InChI=1S/C16H23N3OS/c20-16(13-3-7-17-8-4-13)19-9-5-14(6-10-19)18-15-2-1-11-21-12-15/h3-4,7-8,14-15,18H,1-2,5-6,9-12H2/t15-/m0/s1. The molecule has 2 aliphatic rings. The van der Waals surface area contributed by atoms with E-state index in [0.29, 0.717) is 12.1 Å².